The van der Waals surface area contributed by atoms with Crippen LogP contribution in [0.5, 0.6) is 0 Å². The number of hydrogen-bond donors (Lipinski definition) is 2. The maximum Gasteiger partial charge on any atom is 0.257 e. The third-order valence-corrected chi connectivity index (χ3v) is 6.89. The van der Waals surface area contributed by atoms with Crippen molar-refractivity contribution in [2.45, 2.75) is 44.1 Å². The highest BCUT2D eigenvalue weighted by atomic mass is 79.9. The molecule has 0 amide bonds. The van der Waals surface area contributed by atoms with Crippen molar-refractivity contribution >= 4 is 54.8 Å². The fourth-order valence-corrected chi connectivity index (χ4v) is 5.65. The van der Waals surface area contributed by atoms with E-state index in [2.05, 4.69) is 38.1 Å². The first kappa shape index (κ1) is 18.8. The number of nitrogens with one attached hydrogen (secondary N) is 1. The number of rotatable bonds is 3. The van der Waals surface area contributed by atoms with E-state index in [4.69, 9.17) is 17.3 Å². The highest BCUT2D eigenvalue weighted by Gasteiger charge is 2.48. The van der Waals surface area contributed by atoms with Gasteiger partial charge in [-0.25, -0.2) is 13.8 Å². The Hall–Kier alpha value is -0.940. The summed E-state index contributed by atoms with van der Waals surface area (Å²) in [5.74, 6) is 1.87. The predicted octanol–water partition coefficient (Wildman–Crippen LogP) is 5.38. The Kier molecular flexibility index (Phi) is 5.54. The first-order valence-corrected chi connectivity index (χ1v) is 9.89. The lowest BCUT2D eigenvalue weighted by atomic mass is 9.81. The van der Waals surface area contributed by atoms with Gasteiger partial charge >= 0.3 is 0 Å². The van der Waals surface area contributed by atoms with E-state index in [-0.39, 0.29) is 6.42 Å². The smallest absolute Gasteiger partial charge is 0.257 e. The Bertz CT molecular complexity index is 859. The Balaban J connectivity index is 2.12. The fraction of sp³-hybridized carbons (Fsp3) is 0.471. The lowest BCUT2D eigenvalue weighted by Crippen LogP contribution is -2.43. The van der Waals surface area contributed by atoms with Crippen molar-refractivity contribution < 1.29 is 8.78 Å². The molecular weight excluding hydrogens is 432 g/mol. The summed E-state index contributed by atoms with van der Waals surface area (Å²) < 4.78 is 30.5. The van der Waals surface area contributed by atoms with Crippen LogP contribution in [-0.4, -0.2) is 23.5 Å². The van der Waals surface area contributed by atoms with Gasteiger partial charge in [-0.05, 0) is 35.7 Å². The second-order valence-electron chi connectivity index (χ2n) is 6.03. The van der Waals surface area contributed by atoms with Crippen LogP contribution < -0.4 is 11.1 Å². The maximum atomic E-state index is 14.6. The molecule has 0 radical (unpaired) electrons. The first-order valence-electron chi connectivity index (χ1n) is 7.90. The van der Waals surface area contributed by atoms with E-state index in [0.717, 1.165) is 10.4 Å². The van der Waals surface area contributed by atoms with Crippen molar-refractivity contribution in [3.8, 4) is 11.8 Å². The Morgan fingerprint density at radius 3 is 3.00 bits per heavy atom. The molecule has 3 N–H and O–H groups in total. The lowest BCUT2D eigenvalue weighted by molar-refractivity contribution is -0.0603. The number of nitrogens with zero attached hydrogens (tertiary/aromatic N) is 1. The molecule has 2 aromatic rings. The molecule has 0 aromatic carbocycles. The summed E-state index contributed by atoms with van der Waals surface area (Å²) in [7, 11) is 0. The molecular formula is C17H17BrClF2N3S. The molecule has 2 aromatic heterocycles. The minimum atomic E-state index is -2.83. The molecule has 2 atom stereocenters. The molecule has 25 heavy (non-hydrogen) atoms. The molecule has 3 rings (SSSR count). The number of nitrogens with two attached hydrogens (primary N) is 1. The summed E-state index contributed by atoms with van der Waals surface area (Å²) in [6.07, 6.45) is 0.892. The standard InChI is InChI=1S/C17H17BrClF2N3S/c1-2-3-7-23-10-8-11(19)24-14-13(18)16(25-15(10)14)12-9(22)5-4-6-17(12,20)21/h8-9,12H,4-7,22H2,1H3,(H,23,24)/t9-,12-/m1/s1. The largest absolute Gasteiger partial charge is 0.373 e. The predicted molar refractivity (Wildman–Crippen MR) is 104 cm³/mol. The van der Waals surface area contributed by atoms with Crippen LogP contribution in [0.15, 0.2) is 10.5 Å². The molecule has 3 nitrogen and oxygen atoms in total. The molecule has 0 aliphatic heterocycles. The van der Waals surface area contributed by atoms with Crippen molar-refractivity contribution in [1.82, 2.24) is 4.98 Å². The van der Waals surface area contributed by atoms with Crippen molar-refractivity contribution in [3.63, 3.8) is 0 Å². The zero-order valence-electron chi connectivity index (χ0n) is 13.5. The van der Waals surface area contributed by atoms with E-state index in [0.29, 0.717) is 39.4 Å². The number of hydrogen-bond acceptors (Lipinski definition) is 4. The molecule has 0 bridgehead atoms. The van der Waals surface area contributed by atoms with Gasteiger partial charge in [-0.15, -0.1) is 17.3 Å². The van der Waals surface area contributed by atoms with E-state index in [1.165, 1.54) is 11.3 Å². The van der Waals surface area contributed by atoms with Crippen molar-refractivity contribution in [2.75, 3.05) is 11.9 Å². The number of aromatic nitrogens is 1. The Labute approximate surface area is 162 Å². The molecule has 8 heteroatoms. The average Bonchev–Trinajstić information content (AvgIpc) is 2.84. The molecule has 134 valence electrons. The summed E-state index contributed by atoms with van der Waals surface area (Å²) in [6.45, 7) is 2.19. The number of alkyl halides is 2. The second kappa shape index (κ2) is 7.36. The van der Waals surface area contributed by atoms with Gasteiger partial charge in [-0.2, -0.15) is 0 Å². The highest BCUT2D eigenvalue weighted by Crippen LogP contribution is 2.51. The molecule has 1 aliphatic carbocycles. The lowest BCUT2D eigenvalue weighted by Gasteiger charge is -2.35. The SMILES string of the molecule is CC#CCNc1cc(Cl)nc2c(Br)c([C@H]3[C@H](N)CCCC3(F)F)sc12. The summed E-state index contributed by atoms with van der Waals surface area (Å²) in [5, 5.41) is 3.47. The van der Waals surface area contributed by atoms with Crippen LogP contribution in [0, 0.1) is 11.8 Å². The second-order valence-corrected chi connectivity index (χ2v) is 8.26. The third kappa shape index (κ3) is 3.63. The van der Waals surface area contributed by atoms with Gasteiger partial charge in [0, 0.05) is 23.4 Å². The van der Waals surface area contributed by atoms with Crippen LogP contribution in [0.3, 0.4) is 0 Å². The van der Waals surface area contributed by atoms with Gasteiger partial charge in [0.05, 0.1) is 32.8 Å². The van der Waals surface area contributed by atoms with Crippen LogP contribution in [-0.2, 0) is 0 Å². The van der Waals surface area contributed by atoms with E-state index in [1.54, 1.807) is 13.0 Å². The number of anilines is 1. The van der Waals surface area contributed by atoms with Crippen molar-refractivity contribution in [2.24, 2.45) is 5.73 Å². The molecule has 2 heterocycles. The normalized spacial score (nSPS) is 22.5. The first-order chi connectivity index (χ1) is 11.8. The highest BCUT2D eigenvalue weighted by molar-refractivity contribution is 9.10. The van der Waals surface area contributed by atoms with Gasteiger partial charge in [0.1, 0.15) is 5.15 Å². The van der Waals surface area contributed by atoms with E-state index in [9.17, 15) is 8.78 Å². The average molecular weight is 449 g/mol. The Morgan fingerprint density at radius 2 is 2.32 bits per heavy atom. The minimum absolute atomic E-state index is 0.141. The molecule has 0 unspecified atom stereocenters. The van der Waals surface area contributed by atoms with Gasteiger partial charge in [0.25, 0.3) is 5.92 Å². The monoisotopic (exact) mass is 447 g/mol. The summed E-state index contributed by atoms with van der Waals surface area (Å²) in [4.78, 5) is 4.85. The zero-order valence-corrected chi connectivity index (χ0v) is 16.7. The van der Waals surface area contributed by atoms with E-state index in [1.807, 2.05) is 0 Å². The summed E-state index contributed by atoms with van der Waals surface area (Å²) in [5.41, 5.74) is 7.38. The van der Waals surface area contributed by atoms with Gasteiger partial charge in [-0.3, -0.25) is 0 Å². The maximum absolute atomic E-state index is 14.6. The molecule has 0 saturated heterocycles. The van der Waals surface area contributed by atoms with Crippen LogP contribution >= 0.6 is 38.9 Å². The van der Waals surface area contributed by atoms with Gasteiger partial charge in [-0.1, -0.05) is 17.5 Å². The van der Waals surface area contributed by atoms with Gasteiger partial charge in [0.15, 0.2) is 0 Å². The molecule has 1 saturated carbocycles. The van der Waals surface area contributed by atoms with Crippen LogP contribution in [0.1, 0.15) is 37.0 Å². The van der Waals surface area contributed by atoms with E-state index < -0.39 is 17.9 Å². The zero-order chi connectivity index (χ0) is 18.2. The number of halogens is 4. The minimum Gasteiger partial charge on any atom is -0.373 e. The number of fused-ring (bicyclic) bond motifs is 1. The number of thiophene rings is 1. The fourth-order valence-electron chi connectivity index (χ4n) is 3.18. The quantitative estimate of drug-likeness (QED) is 0.490. The topological polar surface area (TPSA) is 50.9 Å². The Morgan fingerprint density at radius 1 is 1.56 bits per heavy atom. The summed E-state index contributed by atoms with van der Waals surface area (Å²) >= 11 is 10.9. The summed E-state index contributed by atoms with van der Waals surface area (Å²) in [6, 6.07) is 1.11. The van der Waals surface area contributed by atoms with Crippen molar-refractivity contribution in [1.29, 1.82) is 0 Å². The van der Waals surface area contributed by atoms with Crippen molar-refractivity contribution in [3.05, 3.63) is 20.6 Å². The number of pyridine rings is 1. The van der Waals surface area contributed by atoms with Crippen LogP contribution in [0.2, 0.25) is 5.15 Å². The molecule has 1 fully saturated rings. The molecule has 1 aliphatic rings. The molecule has 0 spiro atoms. The van der Waals surface area contributed by atoms with Crippen LogP contribution in [0.25, 0.3) is 10.2 Å². The third-order valence-electron chi connectivity index (χ3n) is 4.34. The van der Waals surface area contributed by atoms with Gasteiger partial charge < -0.3 is 11.1 Å². The van der Waals surface area contributed by atoms with Crippen LogP contribution in [0.4, 0.5) is 14.5 Å². The van der Waals surface area contributed by atoms with Gasteiger partial charge in [0.2, 0.25) is 0 Å². The van der Waals surface area contributed by atoms with E-state index >= 15 is 0 Å².